The van der Waals surface area contributed by atoms with Gasteiger partial charge in [0.2, 0.25) is 0 Å². The van der Waals surface area contributed by atoms with Crippen molar-refractivity contribution in [2.45, 2.75) is 18.9 Å². The Morgan fingerprint density at radius 2 is 2.10 bits per heavy atom. The molecule has 0 radical (unpaired) electrons. The van der Waals surface area contributed by atoms with Gasteiger partial charge in [0, 0.05) is 20.7 Å². The second kappa shape index (κ2) is 7.51. The fourth-order valence-electron chi connectivity index (χ4n) is 2.06. The van der Waals surface area contributed by atoms with Gasteiger partial charge in [0.1, 0.15) is 0 Å². The molecule has 2 amide bonds. The molecule has 3 N–H and O–H groups in total. The molecule has 1 aromatic carbocycles. The van der Waals surface area contributed by atoms with Crippen LogP contribution in [0.1, 0.15) is 23.2 Å². The van der Waals surface area contributed by atoms with Crippen LogP contribution in [0.2, 0.25) is 0 Å². The largest absolute Gasteiger partial charge is 0.478 e. The maximum Gasteiger partial charge on any atom is 0.337 e. The van der Waals surface area contributed by atoms with Crippen molar-refractivity contribution in [3.8, 4) is 0 Å². The number of thioether (sulfide) groups is 1. The molecule has 8 heteroatoms. The van der Waals surface area contributed by atoms with Crippen molar-refractivity contribution in [2.24, 2.45) is 0 Å². The van der Waals surface area contributed by atoms with Crippen LogP contribution in [0, 0.1) is 0 Å². The van der Waals surface area contributed by atoms with Gasteiger partial charge >= 0.3 is 12.0 Å². The third-order valence-electron chi connectivity index (χ3n) is 3.02. The minimum atomic E-state index is -1.10. The molecule has 0 bridgehead atoms. The van der Waals surface area contributed by atoms with E-state index in [1.54, 1.807) is 6.07 Å². The van der Waals surface area contributed by atoms with E-state index in [-0.39, 0.29) is 23.3 Å². The summed E-state index contributed by atoms with van der Waals surface area (Å²) in [6, 6.07) is 2.90. The van der Waals surface area contributed by atoms with Crippen molar-refractivity contribution in [1.29, 1.82) is 0 Å². The van der Waals surface area contributed by atoms with Crippen molar-refractivity contribution >= 4 is 61.3 Å². The second-order valence-electron chi connectivity index (χ2n) is 4.63. The molecule has 5 nitrogen and oxygen atoms in total. The Morgan fingerprint density at radius 3 is 2.71 bits per heavy atom. The van der Waals surface area contributed by atoms with Gasteiger partial charge in [0.25, 0.3) is 0 Å². The Hall–Kier alpha value is -0.730. The third kappa shape index (κ3) is 4.62. The van der Waals surface area contributed by atoms with Crippen LogP contribution in [0.5, 0.6) is 0 Å². The van der Waals surface area contributed by atoms with Gasteiger partial charge < -0.3 is 15.7 Å². The van der Waals surface area contributed by atoms with Gasteiger partial charge in [-0.15, -0.1) is 0 Å². The van der Waals surface area contributed by atoms with Crippen molar-refractivity contribution in [3.63, 3.8) is 0 Å². The molecule has 1 heterocycles. The zero-order valence-corrected chi connectivity index (χ0v) is 15.0. The Balaban J connectivity index is 2.11. The average Bonchev–Trinajstić information content (AvgIpc) is 2.42. The topological polar surface area (TPSA) is 78.4 Å². The lowest BCUT2D eigenvalue weighted by Crippen LogP contribution is -2.41. The highest BCUT2D eigenvalue weighted by Crippen LogP contribution is 2.31. The number of urea groups is 1. The second-order valence-corrected chi connectivity index (χ2v) is 7.55. The molecule has 1 saturated heterocycles. The maximum atomic E-state index is 12.0. The summed E-state index contributed by atoms with van der Waals surface area (Å²) in [5, 5.41) is 14.7. The van der Waals surface area contributed by atoms with Gasteiger partial charge in [-0.05, 0) is 46.7 Å². The smallest absolute Gasteiger partial charge is 0.337 e. The lowest BCUT2D eigenvalue weighted by atomic mass is 10.1. The van der Waals surface area contributed by atoms with Crippen molar-refractivity contribution in [3.05, 3.63) is 26.6 Å². The molecule has 1 aliphatic rings. The summed E-state index contributed by atoms with van der Waals surface area (Å²) in [4.78, 5) is 23.3. The average molecular weight is 438 g/mol. The molecule has 114 valence electrons. The lowest BCUT2D eigenvalue weighted by Gasteiger charge is -2.23. The summed E-state index contributed by atoms with van der Waals surface area (Å²) in [5.41, 5.74) is 0.288. The number of carboxylic acid groups (broad SMARTS) is 1. The van der Waals surface area contributed by atoms with E-state index in [2.05, 4.69) is 42.5 Å². The van der Waals surface area contributed by atoms with Gasteiger partial charge in [-0.3, -0.25) is 0 Å². The fraction of sp³-hybridized carbons (Fsp3) is 0.385. The number of benzene rings is 1. The van der Waals surface area contributed by atoms with E-state index >= 15 is 0 Å². The highest BCUT2D eigenvalue weighted by Gasteiger charge is 2.20. The van der Waals surface area contributed by atoms with Gasteiger partial charge in [0.15, 0.2) is 0 Å². The minimum absolute atomic E-state index is 0.0319. The SMILES string of the molecule is O=C(Nc1c(Br)cc(Br)cc1C(=O)O)NC1CCCSC1. The molecular weight excluding hydrogens is 424 g/mol. The van der Waals surface area contributed by atoms with Crippen molar-refractivity contribution in [1.82, 2.24) is 5.32 Å². The summed E-state index contributed by atoms with van der Waals surface area (Å²) in [6.07, 6.45) is 2.03. The first-order valence-corrected chi connectivity index (χ1v) is 9.09. The highest BCUT2D eigenvalue weighted by molar-refractivity contribution is 9.11. The highest BCUT2D eigenvalue weighted by atomic mass is 79.9. The standard InChI is InChI=1S/C13H14Br2N2O3S/c14-7-4-9(12(18)19)11(10(15)5-7)17-13(20)16-8-2-1-3-21-6-8/h4-5,8H,1-3,6H2,(H,18,19)(H2,16,17,20). The van der Waals surface area contributed by atoms with E-state index < -0.39 is 5.97 Å². The molecule has 0 aromatic heterocycles. The molecule has 0 saturated carbocycles. The molecule has 0 spiro atoms. The lowest BCUT2D eigenvalue weighted by molar-refractivity contribution is 0.0698. The quantitative estimate of drug-likeness (QED) is 0.669. The van der Waals surface area contributed by atoms with Gasteiger partial charge in [0.05, 0.1) is 11.3 Å². The molecule has 1 aliphatic heterocycles. The van der Waals surface area contributed by atoms with Crippen LogP contribution in [0.15, 0.2) is 21.1 Å². The van der Waals surface area contributed by atoms with E-state index in [1.807, 2.05) is 11.8 Å². The number of amides is 2. The molecule has 0 aliphatic carbocycles. The molecule has 1 unspecified atom stereocenters. The van der Waals surface area contributed by atoms with E-state index in [4.69, 9.17) is 0 Å². The molecular formula is C13H14Br2N2O3S. The number of carbonyl (C=O) groups excluding carboxylic acids is 1. The Kier molecular flexibility index (Phi) is 5.95. The summed E-state index contributed by atoms with van der Waals surface area (Å²) in [7, 11) is 0. The number of carboxylic acids is 1. The van der Waals surface area contributed by atoms with Gasteiger partial charge in [-0.2, -0.15) is 11.8 Å². The van der Waals surface area contributed by atoms with Crippen LogP contribution in [0.4, 0.5) is 10.5 Å². The number of halogens is 2. The first kappa shape index (κ1) is 16.6. The van der Waals surface area contributed by atoms with Crippen LogP contribution < -0.4 is 10.6 Å². The number of anilines is 1. The summed E-state index contributed by atoms with van der Waals surface area (Å²) in [6.45, 7) is 0. The van der Waals surface area contributed by atoms with Crippen molar-refractivity contribution in [2.75, 3.05) is 16.8 Å². The van der Waals surface area contributed by atoms with Gasteiger partial charge in [-0.25, -0.2) is 9.59 Å². The van der Waals surface area contributed by atoms with E-state index in [1.165, 1.54) is 6.07 Å². The summed E-state index contributed by atoms with van der Waals surface area (Å²) in [5.74, 6) is 0.919. The first-order valence-electron chi connectivity index (χ1n) is 6.35. The van der Waals surface area contributed by atoms with Crippen molar-refractivity contribution < 1.29 is 14.7 Å². The first-order chi connectivity index (χ1) is 9.97. The number of hydrogen-bond acceptors (Lipinski definition) is 3. The van der Waals surface area contributed by atoms with E-state index in [9.17, 15) is 14.7 Å². The number of nitrogens with one attached hydrogen (secondary N) is 2. The van der Waals surface area contributed by atoms with E-state index in [0.717, 1.165) is 24.3 Å². The molecule has 21 heavy (non-hydrogen) atoms. The predicted octanol–water partition coefficient (Wildman–Crippen LogP) is 3.93. The zero-order valence-electron chi connectivity index (χ0n) is 11.0. The Labute approximate surface area is 143 Å². The van der Waals surface area contributed by atoms with Crippen LogP contribution in [0.25, 0.3) is 0 Å². The Morgan fingerprint density at radius 1 is 1.33 bits per heavy atom. The molecule has 1 atom stereocenters. The Bertz CT molecular complexity index is 563. The molecule has 2 rings (SSSR count). The van der Waals surface area contributed by atoms with Crippen LogP contribution in [-0.2, 0) is 0 Å². The van der Waals surface area contributed by atoms with Crippen LogP contribution in [-0.4, -0.2) is 34.7 Å². The maximum absolute atomic E-state index is 12.0. The van der Waals surface area contributed by atoms with Crippen LogP contribution >= 0.6 is 43.6 Å². The molecule has 1 aromatic rings. The number of aromatic carboxylic acids is 1. The number of rotatable bonds is 3. The van der Waals surface area contributed by atoms with Gasteiger partial charge in [-0.1, -0.05) is 15.9 Å². The monoisotopic (exact) mass is 436 g/mol. The minimum Gasteiger partial charge on any atom is -0.478 e. The summed E-state index contributed by atoms with van der Waals surface area (Å²) >= 11 is 8.33. The van der Waals surface area contributed by atoms with E-state index in [0.29, 0.717) is 8.95 Å². The number of carbonyl (C=O) groups is 2. The normalized spacial score (nSPS) is 18.1. The predicted molar refractivity (Wildman–Crippen MR) is 91.3 cm³/mol. The molecule has 1 fully saturated rings. The fourth-order valence-corrected chi connectivity index (χ4v) is 4.46. The number of hydrogen-bond donors (Lipinski definition) is 3. The zero-order chi connectivity index (χ0) is 15.4. The summed E-state index contributed by atoms with van der Waals surface area (Å²) < 4.78 is 1.14. The van der Waals surface area contributed by atoms with Crippen LogP contribution in [0.3, 0.4) is 0 Å². The third-order valence-corrected chi connectivity index (χ3v) is 5.32.